The summed E-state index contributed by atoms with van der Waals surface area (Å²) in [6.07, 6.45) is 1.86. The highest BCUT2D eigenvalue weighted by Gasteiger charge is 2.31. The van der Waals surface area contributed by atoms with E-state index in [9.17, 15) is 4.79 Å². The highest BCUT2D eigenvalue weighted by atomic mass is 16.5. The molecule has 2 unspecified atom stereocenters. The van der Waals surface area contributed by atoms with Crippen LogP contribution in [-0.2, 0) is 9.53 Å². The average Bonchev–Trinajstić information content (AvgIpc) is 2.28. The Labute approximate surface area is 91.3 Å². The Morgan fingerprint density at radius 1 is 1.80 bits per heavy atom. The van der Waals surface area contributed by atoms with Gasteiger partial charge in [-0.15, -0.1) is 6.58 Å². The van der Waals surface area contributed by atoms with Gasteiger partial charge in [-0.1, -0.05) is 6.08 Å². The van der Waals surface area contributed by atoms with Crippen molar-refractivity contribution >= 4 is 5.97 Å². The highest BCUT2D eigenvalue weighted by molar-refractivity contribution is 5.76. The smallest absolute Gasteiger partial charge is 0.324 e. The van der Waals surface area contributed by atoms with Crippen LogP contribution in [0.15, 0.2) is 12.7 Å². The van der Waals surface area contributed by atoms with E-state index in [-0.39, 0.29) is 18.1 Å². The second kappa shape index (κ2) is 5.88. The molecule has 0 aromatic heterocycles. The summed E-state index contributed by atoms with van der Waals surface area (Å²) < 4.78 is 5.05. The van der Waals surface area contributed by atoms with E-state index in [0.717, 1.165) is 13.1 Å². The summed E-state index contributed by atoms with van der Waals surface area (Å²) in [6.45, 7) is 10.5. The van der Waals surface area contributed by atoms with Gasteiger partial charge in [-0.25, -0.2) is 0 Å². The lowest BCUT2D eigenvalue weighted by Gasteiger charge is -2.37. The van der Waals surface area contributed by atoms with Gasteiger partial charge < -0.3 is 10.1 Å². The molecule has 0 aliphatic carbocycles. The maximum Gasteiger partial charge on any atom is 0.324 e. The van der Waals surface area contributed by atoms with Crippen LogP contribution in [0.25, 0.3) is 0 Å². The molecule has 0 spiro atoms. The SMILES string of the molecule is C=CC(C)N1CCNCC1C(=O)OCC. The number of hydrogen-bond acceptors (Lipinski definition) is 4. The van der Waals surface area contributed by atoms with Crippen molar-refractivity contribution in [3.05, 3.63) is 12.7 Å². The van der Waals surface area contributed by atoms with Crippen LogP contribution in [-0.4, -0.2) is 49.2 Å². The van der Waals surface area contributed by atoms with Crippen LogP contribution in [0.1, 0.15) is 13.8 Å². The molecule has 0 saturated carbocycles. The number of ether oxygens (including phenoxy) is 1. The number of carbonyl (C=O) groups excluding carboxylic acids is 1. The Balaban J connectivity index is 2.64. The summed E-state index contributed by atoms with van der Waals surface area (Å²) >= 11 is 0. The second-order valence-corrected chi connectivity index (χ2v) is 3.69. The van der Waals surface area contributed by atoms with Crippen molar-refractivity contribution < 1.29 is 9.53 Å². The molecule has 4 nitrogen and oxygen atoms in total. The van der Waals surface area contributed by atoms with Gasteiger partial charge >= 0.3 is 5.97 Å². The van der Waals surface area contributed by atoms with Crippen LogP contribution in [0, 0.1) is 0 Å². The van der Waals surface area contributed by atoms with Crippen molar-refractivity contribution in [3.63, 3.8) is 0 Å². The maximum atomic E-state index is 11.7. The summed E-state index contributed by atoms with van der Waals surface area (Å²) in [5.41, 5.74) is 0. The van der Waals surface area contributed by atoms with Gasteiger partial charge in [0.2, 0.25) is 0 Å². The predicted molar refractivity (Wildman–Crippen MR) is 59.7 cm³/mol. The first-order chi connectivity index (χ1) is 7.20. The molecule has 1 aliphatic rings. The molecule has 1 saturated heterocycles. The summed E-state index contributed by atoms with van der Waals surface area (Å²) in [4.78, 5) is 13.8. The number of carbonyl (C=O) groups is 1. The quantitative estimate of drug-likeness (QED) is 0.541. The fourth-order valence-electron chi connectivity index (χ4n) is 1.80. The zero-order valence-electron chi connectivity index (χ0n) is 9.53. The van der Waals surface area contributed by atoms with E-state index in [0.29, 0.717) is 13.2 Å². The molecule has 15 heavy (non-hydrogen) atoms. The first-order valence-electron chi connectivity index (χ1n) is 5.46. The Kier molecular flexibility index (Phi) is 4.78. The lowest BCUT2D eigenvalue weighted by atomic mass is 10.1. The zero-order chi connectivity index (χ0) is 11.3. The Hall–Kier alpha value is -0.870. The van der Waals surface area contributed by atoms with Crippen LogP contribution in [0.5, 0.6) is 0 Å². The molecule has 86 valence electrons. The van der Waals surface area contributed by atoms with Gasteiger partial charge in [-0.3, -0.25) is 9.69 Å². The lowest BCUT2D eigenvalue weighted by molar-refractivity contribution is -0.150. The van der Waals surface area contributed by atoms with Crippen LogP contribution in [0.4, 0.5) is 0 Å². The molecule has 0 radical (unpaired) electrons. The molecule has 2 atom stereocenters. The largest absolute Gasteiger partial charge is 0.465 e. The van der Waals surface area contributed by atoms with Gasteiger partial charge in [-0.2, -0.15) is 0 Å². The van der Waals surface area contributed by atoms with Gasteiger partial charge in [0.25, 0.3) is 0 Å². The first-order valence-corrected chi connectivity index (χ1v) is 5.46. The minimum atomic E-state index is -0.174. The maximum absolute atomic E-state index is 11.7. The van der Waals surface area contributed by atoms with E-state index in [4.69, 9.17) is 4.74 Å². The fraction of sp³-hybridized carbons (Fsp3) is 0.727. The Bertz CT molecular complexity index is 231. The van der Waals surface area contributed by atoms with Gasteiger partial charge in [0, 0.05) is 25.7 Å². The van der Waals surface area contributed by atoms with E-state index >= 15 is 0 Å². The number of rotatable bonds is 4. The Morgan fingerprint density at radius 2 is 2.53 bits per heavy atom. The molecule has 1 N–H and O–H groups in total. The molecule has 0 amide bonds. The van der Waals surface area contributed by atoms with E-state index in [2.05, 4.69) is 16.8 Å². The van der Waals surface area contributed by atoms with Crippen molar-refractivity contribution in [1.29, 1.82) is 0 Å². The summed E-state index contributed by atoms with van der Waals surface area (Å²) in [6, 6.07) is 0.0354. The minimum Gasteiger partial charge on any atom is -0.465 e. The van der Waals surface area contributed by atoms with Crippen molar-refractivity contribution in [2.24, 2.45) is 0 Å². The van der Waals surface area contributed by atoms with Crippen LogP contribution >= 0.6 is 0 Å². The third kappa shape index (κ3) is 3.04. The molecule has 0 aromatic rings. The lowest BCUT2D eigenvalue weighted by Crippen LogP contribution is -2.57. The molecule has 1 fully saturated rings. The van der Waals surface area contributed by atoms with Crippen LogP contribution in [0.3, 0.4) is 0 Å². The van der Waals surface area contributed by atoms with Crippen LogP contribution < -0.4 is 5.32 Å². The number of piperazine rings is 1. The third-order valence-corrected chi connectivity index (χ3v) is 2.71. The molecule has 1 rings (SSSR count). The monoisotopic (exact) mass is 212 g/mol. The highest BCUT2D eigenvalue weighted by Crippen LogP contribution is 2.10. The molecule has 0 bridgehead atoms. The van der Waals surface area contributed by atoms with Crippen molar-refractivity contribution in [1.82, 2.24) is 10.2 Å². The minimum absolute atomic E-state index is 0.140. The van der Waals surface area contributed by atoms with Crippen molar-refractivity contribution in [2.75, 3.05) is 26.2 Å². The third-order valence-electron chi connectivity index (χ3n) is 2.71. The van der Waals surface area contributed by atoms with Crippen LogP contribution in [0.2, 0.25) is 0 Å². The van der Waals surface area contributed by atoms with Gasteiger partial charge in [-0.05, 0) is 13.8 Å². The molecule has 1 aliphatic heterocycles. The summed E-state index contributed by atoms with van der Waals surface area (Å²) in [7, 11) is 0. The zero-order valence-corrected chi connectivity index (χ0v) is 9.53. The van der Waals surface area contributed by atoms with Crippen molar-refractivity contribution in [2.45, 2.75) is 25.9 Å². The summed E-state index contributed by atoms with van der Waals surface area (Å²) in [5.74, 6) is -0.140. The number of nitrogens with one attached hydrogen (secondary N) is 1. The number of hydrogen-bond donors (Lipinski definition) is 1. The van der Waals surface area contributed by atoms with Gasteiger partial charge in [0.1, 0.15) is 6.04 Å². The van der Waals surface area contributed by atoms with E-state index in [1.54, 1.807) is 0 Å². The standard InChI is InChI=1S/C11H20N2O2/c1-4-9(3)13-7-6-12-8-10(13)11(14)15-5-2/h4,9-10,12H,1,5-8H2,2-3H3. The fourth-order valence-corrected chi connectivity index (χ4v) is 1.80. The number of esters is 1. The molecular weight excluding hydrogens is 192 g/mol. The molecule has 1 heterocycles. The van der Waals surface area contributed by atoms with Gasteiger partial charge in [0.15, 0.2) is 0 Å². The normalized spacial score (nSPS) is 24.5. The predicted octanol–water partition coefficient (Wildman–Crippen LogP) is 0.398. The van der Waals surface area contributed by atoms with E-state index in [1.807, 2.05) is 19.9 Å². The molecule has 4 heteroatoms. The average molecular weight is 212 g/mol. The molecule has 0 aromatic carbocycles. The number of nitrogens with zero attached hydrogens (tertiary/aromatic N) is 1. The first kappa shape index (κ1) is 12.2. The summed E-state index contributed by atoms with van der Waals surface area (Å²) in [5, 5.41) is 3.21. The van der Waals surface area contributed by atoms with E-state index in [1.165, 1.54) is 0 Å². The Morgan fingerprint density at radius 3 is 3.13 bits per heavy atom. The molecular formula is C11H20N2O2. The van der Waals surface area contributed by atoms with Gasteiger partial charge in [0.05, 0.1) is 6.61 Å². The van der Waals surface area contributed by atoms with Crippen molar-refractivity contribution in [3.8, 4) is 0 Å². The topological polar surface area (TPSA) is 41.6 Å². The second-order valence-electron chi connectivity index (χ2n) is 3.69. The van der Waals surface area contributed by atoms with E-state index < -0.39 is 0 Å².